The molecule has 14 heavy (non-hydrogen) atoms. The first-order valence-electron chi connectivity index (χ1n) is 4.20. The summed E-state index contributed by atoms with van der Waals surface area (Å²) in [5.41, 5.74) is 1.35. The Hall–Kier alpha value is -1.34. The average Bonchev–Trinajstić information content (AvgIpc) is 2.60. The molecule has 7 heteroatoms. The van der Waals surface area contributed by atoms with Gasteiger partial charge in [-0.1, -0.05) is 17.4 Å². The van der Waals surface area contributed by atoms with Crippen molar-refractivity contribution in [3.05, 3.63) is 11.0 Å². The van der Waals surface area contributed by atoms with Gasteiger partial charge in [0.05, 0.1) is 6.33 Å². The van der Waals surface area contributed by atoms with Crippen molar-refractivity contribution >= 4 is 23.4 Å². The lowest BCUT2D eigenvalue weighted by atomic mass is 10.4. The summed E-state index contributed by atoms with van der Waals surface area (Å²) < 4.78 is 2.11. The van der Waals surface area contributed by atoms with Gasteiger partial charge in [-0.2, -0.15) is 0 Å². The molecule has 0 spiro atoms. The maximum atomic E-state index is 8.69. The second-order valence-corrected chi connectivity index (χ2v) is 3.18. The first-order chi connectivity index (χ1) is 6.83. The first kappa shape index (κ1) is 9.22. The Morgan fingerprint density at radius 2 is 2.43 bits per heavy atom. The lowest BCUT2D eigenvalue weighted by Crippen LogP contribution is -2.03. The normalized spacial score (nSPS) is 10.9. The van der Waals surface area contributed by atoms with Gasteiger partial charge in [0.25, 0.3) is 0 Å². The zero-order chi connectivity index (χ0) is 9.97. The molecule has 0 aliphatic carbocycles. The zero-order valence-electron chi connectivity index (χ0n) is 7.34. The van der Waals surface area contributed by atoms with E-state index in [-0.39, 0.29) is 6.61 Å². The van der Waals surface area contributed by atoms with Gasteiger partial charge in [0.1, 0.15) is 0 Å². The molecular formula is C7H9N5OS. The third-order valence-corrected chi connectivity index (χ3v) is 2.15. The summed E-state index contributed by atoms with van der Waals surface area (Å²) >= 11 is 4.98. The molecule has 2 aromatic heterocycles. The monoisotopic (exact) mass is 211 g/mol. The number of aliphatic hydroxyl groups excluding tert-OH is 1. The van der Waals surface area contributed by atoms with Crippen LogP contribution in [-0.4, -0.2) is 36.7 Å². The van der Waals surface area contributed by atoms with Gasteiger partial charge in [-0.15, -0.1) is 5.10 Å². The van der Waals surface area contributed by atoms with Gasteiger partial charge in [-0.3, -0.25) is 0 Å². The quantitative estimate of drug-likeness (QED) is 0.712. The minimum Gasteiger partial charge on any atom is -0.396 e. The maximum absolute atomic E-state index is 8.69. The highest BCUT2D eigenvalue weighted by Gasteiger charge is 2.05. The van der Waals surface area contributed by atoms with Crippen molar-refractivity contribution in [2.24, 2.45) is 0 Å². The number of aromatic nitrogens is 5. The molecule has 2 heterocycles. The first-order valence-corrected chi connectivity index (χ1v) is 4.61. The largest absolute Gasteiger partial charge is 0.396 e. The van der Waals surface area contributed by atoms with Crippen LogP contribution in [0.3, 0.4) is 0 Å². The summed E-state index contributed by atoms with van der Waals surface area (Å²) in [7, 11) is 0. The summed E-state index contributed by atoms with van der Waals surface area (Å²) in [6.45, 7) is 0.745. The summed E-state index contributed by atoms with van der Waals surface area (Å²) in [6.07, 6.45) is 2.16. The van der Waals surface area contributed by atoms with Crippen LogP contribution in [0.4, 0.5) is 0 Å². The minimum absolute atomic E-state index is 0.132. The van der Waals surface area contributed by atoms with Gasteiger partial charge in [-0.05, 0) is 6.42 Å². The van der Waals surface area contributed by atoms with E-state index in [4.69, 9.17) is 17.3 Å². The zero-order valence-corrected chi connectivity index (χ0v) is 8.16. The van der Waals surface area contributed by atoms with E-state index in [1.807, 2.05) is 0 Å². The Morgan fingerprint density at radius 1 is 1.57 bits per heavy atom. The van der Waals surface area contributed by atoms with Crippen LogP contribution in [0.2, 0.25) is 0 Å². The Morgan fingerprint density at radius 3 is 3.21 bits per heavy atom. The minimum atomic E-state index is 0.132. The molecule has 0 saturated carbocycles. The Kier molecular flexibility index (Phi) is 2.51. The van der Waals surface area contributed by atoms with Crippen LogP contribution in [0, 0.1) is 4.64 Å². The van der Waals surface area contributed by atoms with Crippen molar-refractivity contribution in [1.82, 2.24) is 25.0 Å². The maximum Gasteiger partial charge on any atom is 0.166 e. The standard InChI is InChI=1S/C7H9N5OS/c13-3-1-2-12-6-5(10-11-12)7(14)9-4-8-6/h4,13H,1-3H2,(H,8,9,14). The molecule has 0 unspecified atom stereocenters. The third-order valence-electron chi connectivity index (χ3n) is 1.85. The lowest BCUT2D eigenvalue weighted by molar-refractivity contribution is 0.277. The van der Waals surface area contributed by atoms with E-state index < -0.39 is 0 Å². The van der Waals surface area contributed by atoms with E-state index in [0.29, 0.717) is 23.1 Å². The predicted octanol–water partition coefficient (Wildman–Crippen LogP) is 0.266. The van der Waals surface area contributed by atoms with E-state index in [1.54, 1.807) is 4.68 Å². The highest BCUT2D eigenvalue weighted by atomic mass is 32.1. The van der Waals surface area contributed by atoms with Crippen molar-refractivity contribution in [2.75, 3.05) is 6.61 Å². The highest BCUT2D eigenvalue weighted by Crippen LogP contribution is 2.07. The number of nitrogens with zero attached hydrogens (tertiary/aromatic N) is 4. The fourth-order valence-electron chi connectivity index (χ4n) is 1.19. The number of hydrogen-bond donors (Lipinski definition) is 2. The SMILES string of the molecule is OCCCn1nnc2c(=S)nc[nH]c21. The van der Waals surface area contributed by atoms with Crippen LogP contribution in [0.5, 0.6) is 0 Å². The number of aryl methyl sites for hydroxylation is 1. The van der Waals surface area contributed by atoms with Crippen LogP contribution in [-0.2, 0) is 6.54 Å². The second-order valence-electron chi connectivity index (χ2n) is 2.79. The molecule has 2 rings (SSSR count). The second kappa shape index (κ2) is 3.81. The van der Waals surface area contributed by atoms with Gasteiger partial charge in [0.15, 0.2) is 15.8 Å². The van der Waals surface area contributed by atoms with Gasteiger partial charge >= 0.3 is 0 Å². The van der Waals surface area contributed by atoms with Crippen molar-refractivity contribution in [3.8, 4) is 0 Å². The van der Waals surface area contributed by atoms with Crippen molar-refractivity contribution in [1.29, 1.82) is 0 Å². The van der Waals surface area contributed by atoms with Crippen LogP contribution in [0.25, 0.3) is 11.2 Å². The van der Waals surface area contributed by atoms with Gasteiger partial charge in [0.2, 0.25) is 0 Å². The Labute approximate surface area is 84.6 Å². The molecular weight excluding hydrogens is 202 g/mol. The van der Waals surface area contributed by atoms with E-state index in [2.05, 4.69) is 20.3 Å². The van der Waals surface area contributed by atoms with Crippen LogP contribution in [0.1, 0.15) is 6.42 Å². The predicted molar refractivity (Wildman–Crippen MR) is 52.2 cm³/mol. The van der Waals surface area contributed by atoms with E-state index in [9.17, 15) is 0 Å². The van der Waals surface area contributed by atoms with Crippen LogP contribution >= 0.6 is 12.2 Å². The molecule has 0 atom stereocenters. The topological polar surface area (TPSA) is 79.6 Å². The van der Waals surface area contributed by atoms with Crippen LogP contribution in [0.15, 0.2) is 6.33 Å². The van der Waals surface area contributed by atoms with Crippen molar-refractivity contribution in [2.45, 2.75) is 13.0 Å². The molecule has 0 radical (unpaired) electrons. The molecule has 0 bridgehead atoms. The summed E-state index contributed by atoms with van der Waals surface area (Å²) in [5, 5.41) is 16.5. The number of fused-ring (bicyclic) bond motifs is 1. The summed E-state index contributed by atoms with van der Waals surface area (Å²) in [5.74, 6) is 0. The fourth-order valence-corrected chi connectivity index (χ4v) is 1.38. The average molecular weight is 211 g/mol. The van der Waals surface area contributed by atoms with E-state index in [0.717, 1.165) is 5.65 Å². The molecule has 2 N–H and O–H groups in total. The summed E-state index contributed by atoms with van der Waals surface area (Å²) in [6, 6.07) is 0. The number of hydrogen-bond acceptors (Lipinski definition) is 5. The Balaban J connectivity index is 2.47. The number of rotatable bonds is 3. The van der Waals surface area contributed by atoms with Gasteiger partial charge in [-0.25, -0.2) is 9.67 Å². The molecule has 0 aromatic carbocycles. The third kappa shape index (κ3) is 1.51. The highest BCUT2D eigenvalue weighted by molar-refractivity contribution is 7.71. The van der Waals surface area contributed by atoms with Gasteiger partial charge < -0.3 is 10.1 Å². The molecule has 74 valence electrons. The number of aromatic amines is 1. The molecule has 0 fully saturated rings. The summed E-state index contributed by atoms with van der Waals surface area (Å²) in [4.78, 5) is 6.82. The molecule has 0 aliphatic heterocycles. The molecule has 2 aromatic rings. The van der Waals surface area contributed by atoms with Gasteiger partial charge in [0, 0.05) is 13.2 Å². The molecule has 6 nitrogen and oxygen atoms in total. The lowest BCUT2D eigenvalue weighted by Gasteiger charge is -1.98. The number of H-pyrrole nitrogens is 1. The van der Waals surface area contributed by atoms with E-state index in [1.165, 1.54) is 6.33 Å². The van der Waals surface area contributed by atoms with Crippen molar-refractivity contribution in [3.63, 3.8) is 0 Å². The fraction of sp³-hybridized carbons (Fsp3) is 0.429. The van der Waals surface area contributed by atoms with Crippen LogP contribution < -0.4 is 0 Å². The molecule has 0 amide bonds. The Bertz CT molecular complexity index is 490. The molecule has 0 saturated heterocycles. The van der Waals surface area contributed by atoms with E-state index >= 15 is 0 Å². The number of aliphatic hydroxyl groups is 1. The smallest absolute Gasteiger partial charge is 0.166 e. The molecule has 0 aliphatic rings. The number of nitrogens with one attached hydrogen (secondary N) is 1. The van der Waals surface area contributed by atoms with Crippen molar-refractivity contribution < 1.29 is 5.11 Å².